The molecule has 0 aliphatic carbocycles. The molecule has 0 atom stereocenters. The first-order chi connectivity index (χ1) is 11.6. The van der Waals surface area contributed by atoms with E-state index in [9.17, 15) is 15.2 Å². The Hall–Kier alpha value is -2.67. The molecular weight excluding hydrogens is 308 g/mol. The Morgan fingerprint density at radius 1 is 1.17 bits per heavy atom. The topological polar surface area (TPSA) is 82.7 Å². The highest BCUT2D eigenvalue weighted by Crippen LogP contribution is 2.30. The van der Waals surface area contributed by atoms with Gasteiger partial charge >= 0.3 is 0 Å². The third-order valence-corrected chi connectivity index (χ3v) is 4.26. The van der Waals surface area contributed by atoms with E-state index in [1.165, 1.54) is 6.07 Å². The first-order valence-corrected chi connectivity index (χ1v) is 7.89. The average Bonchev–Trinajstić information content (AvgIpc) is 2.61. The highest BCUT2D eigenvalue weighted by molar-refractivity contribution is 5.65. The van der Waals surface area contributed by atoms with Crippen LogP contribution in [-0.2, 0) is 6.61 Å². The average molecular weight is 328 g/mol. The molecule has 126 valence electrons. The van der Waals surface area contributed by atoms with Gasteiger partial charge in [-0.1, -0.05) is 0 Å². The maximum Gasteiger partial charge on any atom is 0.292 e. The van der Waals surface area contributed by atoms with Crippen molar-refractivity contribution in [2.75, 3.05) is 36.0 Å². The zero-order valence-corrected chi connectivity index (χ0v) is 13.6. The van der Waals surface area contributed by atoms with Crippen molar-refractivity contribution in [1.29, 1.82) is 0 Å². The van der Waals surface area contributed by atoms with Crippen LogP contribution in [0.25, 0.3) is 0 Å². The largest absolute Gasteiger partial charge is 0.392 e. The number of hydrogen-bond acceptors (Lipinski definition) is 6. The number of aryl methyl sites for hydroxylation is 1. The SMILES string of the molecule is Cc1ccnc(N2CCN(c3cc(CO)ccc3[N+](=O)[O-])CC2)c1. The van der Waals surface area contributed by atoms with Crippen molar-refractivity contribution in [3.8, 4) is 0 Å². The normalized spacial score (nSPS) is 14.8. The van der Waals surface area contributed by atoms with E-state index >= 15 is 0 Å². The number of nitrogens with zero attached hydrogens (tertiary/aromatic N) is 4. The molecule has 1 fully saturated rings. The molecule has 1 aliphatic rings. The summed E-state index contributed by atoms with van der Waals surface area (Å²) in [6.45, 7) is 4.74. The molecular formula is C17H20N4O3. The number of aromatic nitrogens is 1. The molecule has 0 saturated carbocycles. The van der Waals surface area contributed by atoms with Crippen molar-refractivity contribution in [1.82, 2.24) is 4.98 Å². The molecule has 7 heteroatoms. The first kappa shape index (κ1) is 16.2. The number of anilines is 2. The number of rotatable bonds is 4. The summed E-state index contributed by atoms with van der Waals surface area (Å²) in [5.74, 6) is 0.938. The molecule has 1 aliphatic heterocycles. The molecule has 1 aromatic carbocycles. The van der Waals surface area contributed by atoms with Crippen LogP contribution in [0.15, 0.2) is 36.5 Å². The van der Waals surface area contributed by atoms with E-state index < -0.39 is 0 Å². The summed E-state index contributed by atoms with van der Waals surface area (Å²) in [5.41, 5.74) is 2.49. The van der Waals surface area contributed by atoms with E-state index in [-0.39, 0.29) is 17.2 Å². The molecule has 2 aromatic rings. The smallest absolute Gasteiger partial charge is 0.292 e. The van der Waals surface area contributed by atoms with Gasteiger partial charge in [0, 0.05) is 38.4 Å². The molecule has 1 N–H and O–H groups in total. The molecule has 2 heterocycles. The van der Waals surface area contributed by atoms with Crippen LogP contribution < -0.4 is 9.80 Å². The van der Waals surface area contributed by atoms with Gasteiger partial charge in [0.1, 0.15) is 11.5 Å². The van der Waals surface area contributed by atoms with Gasteiger partial charge in [-0.2, -0.15) is 0 Å². The molecule has 1 saturated heterocycles. The predicted molar refractivity (Wildman–Crippen MR) is 92.4 cm³/mol. The summed E-state index contributed by atoms with van der Waals surface area (Å²) in [5, 5.41) is 20.6. The zero-order chi connectivity index (χ0) is 17.1. The molecule has 24 heavy (non-hydrogen) atoms. The third-order valence-electron chi connectivity index (χ3n) is 4.26. The molecule has 0 spiro atoms. The number of aliphatic hydroxyl groups excluding tert-OH is 1. The highest BCUT2D eigenvalue weighted by atomic mass is 16.6. The van der Waals surface area contributed by atoms with Gasteiger partial charge in [-0.3, -0.25) is 10.1 Å². The first-order valence-electron chi connectivity index (χ1n) is 7.89. The van der Waals surface area contributed by atoms with Gasteiger partial charge in [0.15, 0.2) is 0 Å². The number of piperazine rings is 1. The number of benzene rings is 1. The van der Waals surface area contributed by atoms with Crippen LogP contribution in [0, 0.1) is 17.0 Å². The monoisotopic (exact) mass is 328 g/mol. The number of pyridine rings is 1. The van der Waals surface area contributed by atoms with E-state index in [2.05, 4.69) is 9.88 Å². The van der Waals surface area contributed by atoms with E-state index in [1.807, 2.05) is 24.0 Å². The van der Waals surface area contributed by atoms with Gasteiger partial charge in [0.05, 0.1) is 11.5 Å². The van der Waals surface area contributed by atoms with E-state index in [0.29, 0.717) is 24.3 Å². The molecule has 0 amide bonds. The second-order valence-corrected chi connectivity index (χ2v) is 5.90. The maximum absolute atomic E-state index is 11.3. The minimum Gasteiger partial charge on any atom is -0.392 e. The minimum absolute atomic E-state index is 0.0781. The summed E-state index contributed by atoms with van der Waals surface area (Å²) < 4.78 is 0. The lowest BCUT2D eigenvalue weighted by molar-refractivity contribution is -0.384. The van der Waals surface area contributed by atoms with Crippen molar-refractivity contribution in [3.63, 3.8) is 0 Å². The van der Waals surface area contributed by atoms with Gasteiger partial charge in [-0.05, 0) is 42.3 Å². The van der Waals surface area contributed by atoms with Crippen molar-refractivity contribution >= 4 is 17.2 Å². The maximum atomic E-state index is 11.3. The lowest BCUT2D eigenvalue weighted by Crippen LogP contribution is -2.47. The fourth-order valence-electron chi connectivity index (χ4n) is 2.94. The van der Waals surface area contributed by atoms with E-state index in [1.54, 1.807) is 18.3 Å². The van der Waals surface area contributed by atoms with Crippen molar-refractivity contribution in [2.24, 2.45) is 0 Å². The van der Waals surface area contributed by atoms with Crippen LogP contribution in [0.3, 0.4) is 0 Å². The zero-order valence-electron chi connectivity index (χ0n) is 13.6. The Morgan fingerprint density at radius 3 is 2.50 bits per heavy atom. The van der Waals surface area contributed by atoms with Gasteiger partial charge in [-0.15, -0.1) is 0 Å². The molecule has 0 unspecified atom stereocenters. The minimum atomic E-state index is -0.370. The molecule has 7 nitrogen and oxygen atoms in total. The Morgan fingerprint density at radius 2 is 1.88 bits per heavy atom. The van der Waals surface area contributed by atoms with E-state index in [4.69, 9.17) is 0 Å². The van der Waals surface area contributed by atoms with Gasteiger partial charge in [-0.25, -0.2) is 4.98 Å². The molecule has 0 bridgehead atoms. The number of aliphatic hydroxyl groups is 1. The lowest BCUT2D eigenvalue weighted by Gasteiger charge is -2.36. The summed E-state index contributed by atoms with van der Waals surface area (Å²) in [7, 11) is 0. The molecule has 3 rings (SSSR count). The van der Waals surface area contributed by atoms with Crippen molar-refractivity contribution in [3.05, 3.63) is 57.8 Å². The van der Waals surface area contributed by atoms with Crippen LogP contribution >= 0.6 is 0 Å². The Bertz CT molecular complexity index is 742. The van der Waals surface area contributed by atoms with Crippen molar-refractivity contribution in [2.45, 2.75) is 13.5 Å². The van der Waals surface area contributed by atoms with Crippen molar-refractivity contribution < 1.29 is 10.0 Å². The highest BCUT2D eigenvalue weighted by Gasteiger charge is 2.24. The summed E-state index contributed by atoms with van der Waals surface area (Å²) >= 11 is 0. The Kier molecular flexibility index (Phi) is 4.61. The van der Waals surface area contributed by atoms with Gasteiger partial charge < -0.3 is 14.9 Å². The fraction of sp³-hybridized carbons (Fsp3) is 0.353. The van der Waals surface area contributed by atoms with Crippen LogP contribution in [0.5, 0.6) is 0 Å². The van der Waals surface area contributed by atoms with E-state index in [0.717, 1.165) is 24.5 Å². The summed E-state index contributed by atoms with van der Waals surface area (Å²) in [4.78, 5) is 19.5. The predicted octanol–water partition coefficient (Wildman–Crippen LogP) is 2.12. The number of hydrogen-bond donors (Lipinski definition) is 1. The quantitative estimate of drug-likeness (QED) is 0.684. The standard InChI is InChI=1S/C17H20N4O3/c1-13-4-5-18-17(10-13)20-8-6-19(7-9-20)16-11-14(12-22)2-3-15(16)21(23)24/h2-5,10-11,22H,6-9,12H2,1H3. The summed E-state index contributed by atoms with van der Waals surface area (Å²) in [6, 6.07) is 8.77. The second kappa shape index (κ2) is 6.84. The fourth-order valence-corrected chi connectivity index (χ4v) is 2.94. The second-order valence-electron chi connectivity index (χ2n) is 5.90. The Balaban J connectivity index is 1.78. The van der Waals surface area contributed by atoms with Crippen LogP contribution in [0.1, 0.15) is 11.1 Å². The third kappa shape index (κ3) is 3.30. The van der Waals surface area contributed by atoms with Crippen LogP contribution in [0.4, 0.5) is 17.2 Å². The van der Waals surface area contributed by atoms with Crippen LogP contribution in [-0.4, -0.2) is 41.2 Å². The van der Waals surface area contributed by atoms with Gasteiger partial charge in [0.25, 0.3) is 5.69 Å². The number of nitro benzene ring substituents is 1. The number of nitro groups is 1. The van der Waals surface area contributed by atoms with Crippen LogP contribution in [0.2, 0.25) is 0 Å². The Labute approximate surface area is 140 Å². The summed E-state index contributed by atoms with van der Waals surface area (Å²) in [6.07, 6.45) is 1.80. The molecule has 0 radical (unpaired) electrons. The molecule has 1 aromatic heterocycles. The van der Waals surface area contributed by atoms with Gasteiger partial charge in [0.2, 0.25) is 0 Å². The lowest BCUT2D eigenvalue weighted by atomic mass is 10.1.